The third-order valence-corrected chi connectivity index (χ3v) is 6.86. The predicted molar refractivity (Wildman–Crippen MR) is 122 cm³/mol. The lowest BCUT2D eigenvalue weighted by Crippen LogP contribution is -2.35. The molecule has 2 aromatic carbocycles. The number of hydrogen-bond donors (Lipinski definition) is 5. The number of anilines is 1. The molecule has 164 valence electrons. The first-order valence-electron chi connectivity index (χ1n) is 9.95. The van der Waals surface area contributed by atoms with Gasteiger partial charge in [0.1, 0.15) is 11.7 Å². The molecular formula is C22H32N4O3S. The highest BCUT2D eigenvalue weighted by atomic mass is 32.2. The summed E-state index contributed by atoms with van der Waals surface area (Å²) in [5, 5.41) is 23.4. The molecule has 0 bridgehead atoms. The van der Waals surface area contributed by atoms with Crippen molar-refractivity contribution in [2.24, 2.45) is 5.73 Å². The fourth-order valence-corrected chi connectivity index (χ4v) is 3.94. The van der Waals surface area contributed by atoms with Crippen LogP contribution >= 0.6 is 0 Å². The molecular weight excluding hydrogens is 400 g/mol. The van der Waals surface area contributed by atoms with E-state index < -0.39 is 15.9 Å². The van der Waals surface area contributed by atoms with Crippen LogP contribution in [0.4, 0.5) is 5.69 Å². The Labute approximate surface area is 179 Å². The number of hydrogen-bond acceptors (Lipinski definition) is 6. The fraction of sp³-hybridized carbons (Fsp3) is 0.409. The summed E-state index contributed by atoms with van der Waals surface area (Å²) in [5.41, 5.74) is 7.93. The Kier molecular flexibility index (Phi) is 8.00. The number of nitrogens with two attached hydrogens (primary N) is 1. The van der Waals surface area contributed by atoms with Gasteiger partial charge in [-0.15, -0.1) is 0 Å². The van der Waals surface area contributed by atoms with E-state index in [-0.39, 0.29) is 35.1 Å². The van der Waals surface area contributed by atoms with Crippen molar-refractivity contribution in [3.05, 3.63) is 59.7 Å². The average Bonchev–Trinajstić information content (AvgIpc) is 2.72. The molecule has 7 nitrogen and oxygen atoms in total. The number of sulfone groups is 1. The summed E-state index contributed by atoms with van der Waals surface area (Å²) in [6, 6.07) is 14.0. The molecule has 0 aliphatic heterocycles. The Hall–Kier alpha value is -2.42. The maximum Gasteiger partial charge on any atom is 0.191 e. The van der Waals surface area contributed by atoms with Gasteiger partial charge >= 0.3 is 0 Å². The normalized spacial score (nSPS) is 13.1. The summed E-state index contributed by atoms with van der Waals surface area (Å²) in [4.78, 5) is 0.267. The van der Waals surface area contributed by atoms with Crippen LogP contribution in [0.25, 0.3) is 0 Å². The van der Waals surface area contributed by atoms with Gasteiger partial charge < -0.3 is 21.5 Å². The van der Waals surface area contributed by atoms with Gasteiger partial charge in [0, 0.05) is 24.3 Å². The van der Waals surface area contributed by atoms with Crippen LogP contribution in [-0.4, -0.2) is 44.4 Å². The molecule has 0 aromatic heterocycles. The number of nitrogen functional groups attached to an aromatic ring is 1. The van der Waals surface area contributed by atoms with Crippen LogP contribution in [0.15, 0.2) is 53.4 Å². The van der Waals surface area contributed by atoms with Gasteiger partial charge in [0.2, 0.25) is 0 Å². The number of aliphatic hydroxyl groups excluding tert-OH is 1. The summed E-state index contributed by atoms with van der Waals surface area (Å²) < 4.78 is 25.0. The van der Waals surface area contributed by atoms with Crippen molar-refractivity contribution in [2.45, 2.75) is 43.6 Å². The minimum Gasteiger partial charge on any atom is -0.390 e. The largest absolute Gasteiger partial charge is 0.390 e. The monoisotopic (exact) mass is 432 g/mol. The van der Waals surface area contributed by atoms with Crippen LogP contribution < -0.4 is 16.4 Å². The number of aliphatic hydroxyl groups is 1. The summed E-state index contributed by atoms with van der Waals surface area (Å²) in [6.07, 6.45) is 0.202. The number of rotatable bonds is 11. The second kappa shape index (κ2) is 10.1. The molecule has 0 aliphatic rings. The van der Waals surface area contributed by atoms with Crippen molar-refractivity contribution >= 4 is 21.4 Å². The van der Waals surface area contributed by atoms with Crippen LogP contribution in [0.5, 0.6) is 0 Å². The molecule has 2 rings (SSSR count). The Morgan fingerprint density at radius 2 is 1.70 bits per heavy atom. The van der Waals surface area contributed by atoms with E-state index in [1.54, 1.807) is 36.4 Å². The van der Waals surface area contributed by atoms with Gasteiger partial charge in [-0.05, 0) is 53.8 Å². The molecule has 8 heteroatoms. The van der Waals surface area contributed by atoms with E-state index in [1.165, 1.54) is 0 Å². The lowest BCUT2D eigenvalue weighted by atomic mass is 9.82. The van der Waals surface area contributed by atoms with E-state index in [0.29, 0.717) is 5.56 Å². The van der Waals surface area contributed by atoms with E-state index in [4.69, 9.17) is 11.1 Å². The average molecular weight is 433 g/mol. The summed E-state index contributed by atoms with van der Waals surface area (Å²) in [7, 11) is -3.48. The molecule has 2 aromatic rings. The number of benzene rings is 2. The molecule has 0 aliphatic carbocycles. The van der Waals surface area contributed by atoms with Crippen molar-refractivity contribution in [1.29, 1.82) is 5.41 Å². The van der Waals surface area contributed by atoms with Crippen molar-refractivity contribution in [1.82, 2.24) is 5.32 Å². The minimum absolute atomic E-state index is 0.00397. The van der Waals surface area contributed by atoms with Gasteiger partial charge in [-0.1, -0.05) is 32.9 Å². The van der Waals surface area contributed by atoms with Crippen LogP contribution in [-0.2, 0) is 15.3 Å². The second-order valence-electron chi connectivity index (χ2n) is 8.00. The maximum atomic E-state index is 12.5. The Bertz CT molecular complexity index is 939. The molecule has 0 radical (unpaired) electrons. The third-order valence-electron chi connectivity index (χ3n) is 5.29. The van der Waals surface area contributed by atoms with Crippen LogP contribution in [0, 0.1) is 5.41 Å². The third kappa shape index (κ3) is 6.55. The van der Waals surface area contributed by atoms with Crippen molar-refractivity contribution in [2.75, 3.05) is 24.3 Å². The van der Waals surface area contributed by atoms with Crippen LogP contribution in [0.3, 0.4) is 0 Å². The van der Waals surface area contributed by atoms with Gasteiger partial charge in [-0.2, -0.15) is 0 Å². The quantitative estimate of drug-likeness (QED) is 0.274. The molecule has 0 saturated heterocycles. The first kappa shape index (κ1) is 23.9. The molecule has 0 fully saturated rings. The lowest BCUT2D eigenvalue weighted by Gasteiger charge is -2.23. The highest BCUT2D eigenvalue weighted by molar-refractivity contribution is 7.91. The standard InChI is InChI=1S/C22H32N4O3S/c1-4-22(2,3)17-7-11-20(12-8-17)30(28,29)15-25-13-19(27)14-26-18-9-5-16(6-10-18)21(23)24/h5-12,19,25-27H,4,13-15H2,1-3H3,(H3,23,24). The maximum absolute atomic E-state index is 12.5. The van der Waals surface area contributed by atoms with Crippen LogP contribution in [0.1, 0.15) is 38.3 Å². The van der Waals surface area contributed by atoms with Crippen molar-refractivity contribution in [3.63, 3.8) is 0 Å². The zero-order valence-corrected chi connectivity index (χ0v) is 18.6. The van der Waals surface area contributed by atoms with E-state index in [1.807, 2.05) is 12.1 Å². The fourth-order valence-electron chi connectivity index (χ4n) is 2.84. The molecule has 6 N–H and O–H groups in total. The summed E-state index contributed by atoms with van der Waals surface area (Å²) in [5.74, 6) is -0.246. The van der Waals surface area contributed by atoms with E-state index in [2.05, 4.69) is 31.4 Å². The van der Waals surface area contributed by atoms with E-state index in [0.717, 1.165) is 17.7 Å². The number of nitrogens with one attached hydrogen (secondary N) is 3. The van der Waals surface area contributed by atoms with Gasteiger partial charge in [-0.3, -0.25) is 5.41 Å². The molecule has 1 unspecified atom stereocenters. The highest BCUT2D eigenvalue weighted by Gasteiger charge is 2.20. The van der Waals surface area contributed by atoms with E-state index >= 15 is 0 Å². The molecule has 30 heavy (non-hydrogen) atoms. The second-order valence-corrected chi connectivity index (χ2v) is 9.99. The Balaban J connectivity index is 1.82. The summed E-state index contributed by atoms with van der Waals surface area (Å²) >= 11 is 0. The molecule has 1 atom stereocenters. The van der Waals surface area contributed by atoms with Gasteiger partial charge in [-0.25, -0.2) is 8.42 Å². The molecule has 0 heterocycles. The zero-order chi connectivity index (χ0) is 22.4. The minimum atomic E-state index is -3.48. The number of amidine groups is 1. The molecule has 0 spiro atoms. The molecule has 0 amide bonds. The van der Waals surface area contributed by atoms with Crippen LogP contribution in [0.2, 0.25) is 0 Å². The van der Waals surface area contributed by atoms with Crippen molar-refractivity contribution in [3.8, 4) is 0 Å². The lowest BCUT2D eigenvalue weighted by molar-refractivity contribution is 0.186. The van der Waals surface area contributed by atoms with Gasteiger partial charge in [0.25, 0.3) is 0 Å². The van der Waals surface area contributed by atoms with Crippen molar-refractivity contribution < 1.29 is 13.5 Å². The Morgan fingerprint density at radius 3 is 2.23 bits per heavy atom. The van der Waals surface area contributed by atoms with Gasteiger partial charge in [0.05, 0.1) is 11.0 Å². The predicted octanol–water partition coefficient (Wildman–Crippen LogP) is 2.45. The SMILES string of the molecule is CCC(C)(C)c1ccc(S(=O)(=O)CNCC(O)CNc2ccc(C(=N)N)cc2)cc1. The van der Waals surface area contributed by atoms with Gasteiger partial charge in [0.15, 0.2) is 9.84 Å². The molecule has 0 saturated carbocycles. The highest BCUT2D eigenvalue weighted by Crippen LogP contribution is 2.27. The first-order valence-corrected chi connectivity index (χ1v) is 11.6. The smallest absolute Gasteiger partial charge is 0.191 e. The Morgan fingerprint density at radius 1 is 1.10 bits per heavy atom. The van der Waals surface area contributed by atoms with E-state index in [9.17, 15) is 13.5 Å². The topological polar surface area (TPSA) is 128 Å². The zero-order valence-electron chi connectivity index (χ0n) is 17.8. The summed E-state index contributed by atoms with van der Waals surface area (Å²) in [6.45, 7) is 6.76. The first-order chi connectivity index (χ1) is 14.0.